The Morgan fingerprint density at radius 1 is 1.12 bits per heavy atom. The zero-order valence-corrected chi connectivity index (χ0v) is 10.1. The number of aryl methyl sites for hydroxylation is 1. The molecule has 1 aliphatic heterocycles. The second-order valence-electron chi connectivity index (χ2n) is 5.20. The van der Waals surface area contributed by atoms with Gasteiger partial charge in [0.25, 0.3) is 0 Å². The van der Waals surface area contributed by atoms with E-state index in [0.717, 1.165) is 5.46 Å². The van der Waals surface area contributed by atoms with Crippen molar-refractivity contribution in [3.63, 3.8) is 0 Å². The van der Waals surface area contributed by atoms with Crippen molar-refractivity contribution in [2.45, 2.75) is 46.3 Å². The standard InChI is InChI=1S/C11H18BNO2.CH4/c1-10(2)11(3,4)15-12(14-10)9-6-7-13(5)8-9;/h6-8H,1-5H3;1H4. The van der Waals surface area contributed by atoms with Crippen LogP contribution in [0.5, 0.6) is 0 Å². The minimum Gasteiger partial charge on any atom is -0.399 e. The van der Waals surface area contributed by atoms with Crippen LogP contribution in [-0.2, 0) is 16.4 Å². The number of rotatable bonds is 1. The molecule has 16 heavy (non-hydrogen) atoms. The van der Waals surface area contributed by atoms with Crippen molar-refractivity contribution in [1.29, 1.82) is 0 Å². The number of hydrogen-bond donors (Lipinski definition) is 0. The Labute approximate surface area is 98.9 Å². The predicted octanol–water partition coefficient (Wildman–Crippen LogP) is 1.96. The van der Waals surface area contributed by atoms with Gasteiger partial charge in [0.15, 0.2) is 0 Å². The third-order valence-electron chi connectivity index (χ3n) is 3.38. The van der Waals surface area contributed by atoms with E-state index in [1.54, 1.807) is 0 Å². The molecule has 1 fully saturated rings. The molecule has 0 aromatic carbocycles. The summed E-state index contributed by atoms with van der Waals surface area (Å²) in [7, 11) is 1.76. The van der Waals surface area contributed by atoms with Crippen LogP contribution < -0.4 is 5.46 Å². The highest BCUT2D eigenvalue weighted by Crippen LogP contribution is 2.36. The SMILES string of the molecule is C.Cn1ccc(B2OC(C)(C)C(C)(C)O2)c1. The van der Waals surface area contributed by atoms with Crippen LogP contribution in [0.25, 0.3) is 0 Å². The van der Waals surface area contributed by atoms with E-state index < -0.39 is 0 Å². The Kier molecular flexibility index (Phi) is 3.28. The molecule has 3 nitrogen and oxygen atoms in total. The molecular formula is C12H22BNO2. The van der Waals surface area contributed by atoms with Gasteiger partial charge in [-0.05, 0) is 33.8 Å². The predicted molar refractivity (Wildman–Crippen MR) is 67.9 cm³/mol. The summed E-state index contributed by atoms with van der Waals surface area (Å²) in [6.45, 7) is 8.26. The van der Waals surface area contributed by atoms with Crippen LogP contribution in [0.15, 0.2) is 18.5 Å². The Morgan fingerprint density at radius 2 is 1.62 bits per heavy atom. The van der Waals surface area contributed by atoms with Gasteiger partial charge >= 0.3 is 7.12 Å². The molecule has 1 saturated heterocycles. The molecule has 0 amide bonds. The Bertz CT molecular complexity index is 355. The van der Waals surface area contributed by atoms with Crippen molar-refractivity contribution < 1.29 is 9.31 Å². The van der Waals surface area contributed by atoms with Crippen LogP contribution in [-0.4, -0.2) is 22.9 Å². The molecule has 0 radical (unpaired) electrons. The van der Waals surface area contributed by atoms with E-state index in [4.69, 9.17) is 9.31 Å². The maximum Gasteiger partial charge on any atom is 0.496 e. The quantitative estimate of drug-likeness (QED) is 0.679. The van der Waals surface area contributed by atoms with Crippen LogP contribution in [0, 0.1) is 0 Å². The number of hydrogen-bond acceptors (Lipinski definition) is 2. The van der Waals surface area contributed by atoms with Gasteiger partial charge in [0, 0.05) is 24.9 Å². The van der Waals surface area contributed by atoms with Crippen LogP contribution in [0.1, 0.15) is 35.1 Å². The van der Waals surface area contributed by atoms with Gasteiger partial charge in [-0.25, -0.2) is 0 Å². The molecule has 4 heteroatoms. The van der Waals surface area contributed by atoms with Crippen molar-refractivity contribution in [3.8, 4) is 0 Å². The lowest BCUT2D eigenvalue weighted by Crippen LogP contribution is -2.41. The second-order valence-corrected chi connectivity index (χ2v) is 5.20. The summed E-state index contributed by atoms with van der Waals surface area (Å²) in [6, 6.07) is 2.03. The molecule has 0 N–H and O–H groups in total. The highest BCUT2D eigenvalue weighted by molar-refractivity contribution is 6.62. The smallest absolute Gasteiger partial charge is 0.399 e. The van der Waals surface area contributed by atoms with Gasteiger partial charge in [0.1, 0.15) is 0 Å². The molecule has 0 aliphatic carbocycles. The van der Waals surface area contributed by atoms with Crippen LogP contribution in [0.4, 0.5) is 0 Å². The lowest BCUT2D eigenvalue weighted by Gasteiger charge is -2.32. The van der Waals surface area contributed by atoms with E-state index in [1.807, 2.05) is 30.1 Å². The Hall–Kier alpha value is -0.735. The van der Waals surface area contributed by atoms with Gasteiger partial charge in [-0.15, -0.1) is 0 Å². The van der Waals surface area contributed by atoms with Gasteiger partial charge in [-0.2, -0.15) is 0 Å². The summed E-state index contributed by atoms with van der Waals surface area (Å²) in [4.78, 5) is 0. The lowest BCUT2D eigenvalue weighted by atomic mass is 9.81. The minimum absolute atomic E-state index is 0. The molecular weight excluding hydrogens is 201 g/mol. The molecule has 1 aromatic rings. The summed E-state index contributed by atoms with van der Waals surface area (Å²) < 4.78 is 13.9. The Balaban J connectivity index is 0.00000128. The van der Waals surface area contributed by atoms with E-state index in [1.165, 1.54) is 0 Å². The van der Waals surface area contributed by atoms with Crippen LogP contribution in [0.3, 0.4) is 0 Å². The monoisotopic (exact) mass is 223 g/mol. The number of nitrogens with zero attached hydrogens (tertiary/aromatic N) is 1. The van der Waals surface area contributed by atoms with Gasteiger partial charge in [0.2, 0.25) is 0 Å². The molecule has 0 bridgehead atoms. The summed E-state index contributed by atoms with van der Waals surface area (Å²) in [5.41, 5.74) is 0.567. The molecule has 0 saturated carbocycles. The van der Waals surface area contributed by atoms with Gasteiger partial charge < -0.3 is 13.9 Å². The highest BCUT2D eigenvalue weighted by atomic mass is 16.7. The molecule has 1 aromatic heterocycles. The molecule has 0 unspecified atom stereocenters. The van der Waals surface area contributed by atoms with E-state index in [-0.39, 0.29) is 25.7 Å². The molecule has 1 aliphatic rings. The first kappa shape index (κ1) is 13.3. The second kappa shape index (κ2) is 3.93. The molecule has 2 heterocycles. The highest BCUT2D eigenvalue weighted by Gasteiger charge is 2.51. The first-order chi connectivity index (χ1) is 6.82. The first-order valence-corrected chi connectivity index (χ1v) is 5.29. The maximum atomic E-state index is 5.93. The fourth-order valence-corrected chi connectivity index (χ4v) is 1.64. The van der Waals surface area contributed by atoms with E-state index in [0.29, 0.717) is 0 Å². The summed E-state index contributed by atoms with van der Waals surface area (Å²) >= 11 is 0. The zero-order valence-electron chi connectivity index (χ0n) is 10.1. The normalized spacial score (nSPS) is 21.9. The lowest BCUT2D eigenvalue weighted by molar-refractivity contribution is 0.00578. The molecule has 0 atom stereocenters. The van der Waals surface area contributed by atoms with Crippen molar-refractivity contribution in [3.05, 3.63) is 18.5 Å². The summed E-state index contributed by atoms with van der Waals surface area (Å²) in [5.74, 6) is 0. The van der Waals surface area contributed by atoms with Gasteiger partial charge in [-0.1, -0.05) is 7.43 Å². The fourth-order valence-electron chi connectivity index (χ4n) is 1.64. The average Bonchev–Trinajstić information content (AvgIpc) is 2.56. The topological polar surface area (TPSA) is 23.4 Å². The Morgan fingerprint density at radius 3 is 2.00 bits per heavy atom. The minimum atomic E-state index is -0.256. The fraction of sp³-hybridized carbons (Fsp3) is 0.667. The average molecular weight is 223 g/mol. The van der Waals surface area contributed by atoms with E-state index in [2.05, 4.69) is 27.7 Å². The molecule has 0 spiro atoms. The maximum absolute atomic E-state index is 5.93. The largest absolute Gasteiger partial charge is 0.496 e. The summed E-state index contributed by atoms with van der Waals surface area (Å²) in [6.07, 6.45) is 4.03. The summed E-state index contributed by atoms with van der Waals surface area (Å²) in [5, 5.41) is 0. The van der Waals surface area contributed by atoms with Crippen molar-refractivity contribution >= 4 is 12.6 Å². The van der Waals surface area contributed by atoms with E-state index >= 15 is 0 Å². The first-order valence-electron chi connectivity index (χ1n) is 5.29. The van der Waals surface area contributed by atoms with E-state index in [9.17, 15) is 0 Å². The van der Waals surface area contributed by atoms with Gasteiger partial charge in [0.05, 0.1) is 11.2 Å². The number of aromatic nitrogens is 1. The third kappa shape index (κ3) is 2.04. The van der Waals surface area contributed by atoms with Crippen LogP contribution in [0.2, 0.25) is 0 Å². The van der Waals surface area contributed by atoms with Gasteiger partial charge in [-0.3, -0.25) is 0 Å². The molecule has 2 rings (SSSR count). The zero-order chi connectivity index (χ0) is 11.3. The van der Waals surface area contributed by atoms with Crippen molar-refractivity contribution in [2.24, 2.45) is 7.05 Å². The third-order valence-corrected chi connectivity index (χ3v) is 3.38. The molecule has 90 valence electrons. The van der Waals surface area contributed by atoms with Crippen molar-refractivity contribution in [2.75, 3.05) is 0 Å². The van der Waals surface area contributed by atoms with Crippen molar-refractivity contribution in [1.82, 2.24) is 4.57 Å². The van der Waals surface area contributed by atoms with Crippen LogP contribution >= 0.6 is 0 Å².